The van der Waals surface area contributed by atoms with Crippen molar-refractivity contribution in [2.24, 2.45) is 0 Å². The zero-order valence-electron chi connectivity index (χ0n) is 30.0. The highest BCUT2D eigenvalue weighted by Gasteiger charge is 2.17. The summed E-state index contributed by atoms with van der Waals surface area (Å²) in [7, 11) is 0. The fourth-order valence-corrected chi connectivity index (χ4v) is 11.2. The zero-order valence-corrected chi connectivity index (χ0v) is 31.6. The fraction of sp³-hybridized carbons (Fsp3) is 0.0385. The highest BCUT2D eigenvalue weighted by molar-refractivity contribution is 7.27. The van der Waals surface area contributed by atoms with E-state index < -0.39 is 0 Å². The molecule has 0 saturated heterocycles. The second-order valence-corrected chi connectivity index (χ2v) is 16.4. The van der Waals surface area contributed by atoms with Gasteiger partial charge >= 0.3 is 0 Å². The lowest BCUT2D eigenvalue weighted by atomic mass is 9.87. The van der Waals surface area contributed by atoms with Gasteiger partial charge in [0.15, 0.2) is 0 Å². The molecule has 254 valence electrons. The summed E-state index contributed by atoms with van der Waals surface area (Å²) in [4.78, 5) is 0. The Balaban J connectivity index is 1.09. The minimum Gasteiger partial charge on any atom is -0.135 e. The minimum atomic E-state index is 1.23. The molecular formula is C52H34S2. The minimum absolute atomic E-state index is 1.23. The second-order valence-electron chi connectivity index (χ2n) is 14.3. The molecule has 0 atom stereocenters. The Bertz CT molecular complexity index is 3470. The Hall–Kier alpha value is -6.06. The highest BCUT2D eigenvalue weighted by Crippen LogP contribution is 2.43. The molecule has 0 amide bonds. The third kappa shape index (κ3) is 4.74. The Morgan fingerprint density at radius 3 is 1.74 bits per heavy atom. The standard InChI is InChI=1S/C52H34S2/c1-3-38-39(4-2)51(37-21-20-31-12-5-6-13-32(31)26-37)42-18-8-7-17-41(42)50(38)36-15-11-14-33(27-36)34-23-25-48-45(28-34)46-30-44-35(29-49(46)53-48)22-24-43-40-16-9-10-19-47(40)54-52(43)44/h3-30H,1-2H3/b38-3+,39-4+. The van der Waals surface area contributed by atoms with E-state index in [1.54, 1.807) is 0 Å². The molecule has 54 heavy (non-hydrogen) atoms. The van der Waals surface area contributed by atoms with Crippen LogP contribution in [0.15, 0.2) is 158 Å². The lowest BCUT2D eigenvalue weighted by Crippen LogP contribution is -2.29. The van der Waals surface area contributed by atoms with Crippen LogP contribution in [0, 0.1) is 0 Å². The number of hydrogen-bond acceptors (Lipinski definition) is 2. The molecule has 9 aromatic carbocycles. The fourth-order valence-electron chi connectivity index (χ4n) is 8.86. The maximum Gasteiger partial charge on any atom is 0.0434 e. The molecule has 2 aromatic heterocycles. The van der Waals surface area contributed by atoms with Gasteiger partial charge in [0, 0.05) is 45.7 Å². The van der Waals surface area contributed by atoms with Crippen LogP contribution >= 0.6 is 22.7 Å². The lowest BCUT2D eigenvalue weighted by molar-refractivity contribution is 1.50. The van der Waals surface area contributed by atoms with Crippen molar-refractivity contribution in [2.45, 2.75) is 13.8 Å². The third-order valence-corrected chi connectivity index (χ3v) is 13.7. The van der Waals surface area contributed by atoms with Crippen LogP contribution in [0.25, 0.3) is 118 Å². The maximum atomic E-state index is 2.46. The molecule has 0 fully saturated rings. The van der Waals surface area contributed by atoms with Crippen LogP contribution in [-0.4, -0.2) is 0 Å². The van der Waals surface area contributed by atoms with Gasteiger partial charge in [-0.1, -0.05) is 127 Å². The first-order valence-electron chi connectivity index (χ1n) is 18.6. The first kappa shape index (κ1) is 31.5. The number of fused-ring (bicyclic) bond motifs is 10. The summed E-state index contributed by atoms with van der Waals surface area (Å²) in [5, 5.41) is 15.6. The molecule has 0 bridgehead atoms. The van der Waals surface area contributed by atoms with Crippen molar-refractivity contribution in [1.82, 2.24) is 0 Å². The lowest BCUT2D eigenvalue weighted by Gasteiger charge is -2.17. The van der Waals surface area contributed by atoms with E-state index in [4.69, 9.17) is 0 Å². The number of hydrogen-bond donors (Lipinski definition) is 0. The van der Waals surface area contributed by atoms with Crippen LogP contribution in [0.1, 0.15) is 13.8 Å². The van der Waals surface area contributed by atoms with Crippen LogP contribution in [0.3, 0.4) is 0 Å². The number of rotatable bonds is 3. The van der Waals surface area contributed by atoms with Crippen molar-refractivity contribution in [2.75, 3.05) is 0 Å². The van der Waals surface area contributed by atoms with Crippen molar-refractivity contribution in [3.63, 3.8) is 0 Å². The van der Waals surface area contributed by atoms with Crippen molar-refractivity contribution in [3.05, 3.63) is 168 Å². The Morgan fingerprint density at radius 1 is 0.333 bits per heavy atom. The summed E-state index contributed by atoms with van der Waals surface area (Å²) in [6.07, 6.45) is 4.60. The summed E-state index contributed by atoms with van der Waals surface area (Å²) in [5.41, 5.74) is 7.53. The van der Waals surface area contributed by atoms with Crippen molar-refractivity contribution in [1.29, 1.82) is 0 Å². The molecule has 0 spiro atoms. The van der Waals surface area contributed by atoms with E-state index in [0.29, 0.717) is 0 Å². The van der Waals surface area contributed by atoms with Crippen molar-refractivity contribution < 1.29 is 0 Å². The van der Waals surface area contributed by atoms with E-state index in [2.05, 4.69) is 184 Å². The summed E-state index contributed by atoms with van der Waals surface area (Å²) in [6, 6.07) is 59.0. The molecule has 2 heterocycles. The Morgan fingerprint density at radius 2 is 0.944 bits per heavy atom. The molecule has 0 radical (unpaired) electrons. The van der Waals surface area contributed by atoms with E-state index in [1.165, 1.54) is 116 Å². The van der Waals surface area contributed by atoms with E-state index in [9.17, 15) is 0 Å². The first-order chi connectivity index (χ1) is 26.7. The van der Waals surface area contributed by atoms with E-state index in [0.717, 1.165) is 0 Å². The van der Waals surface area contributed by atoms with Gasteiger partial charge in [-0.2, -0.15) is 0 Å². The van der Waals surface area contributed by atoms with Gasteiger partial charge in [-0.3, -0.25) is 0 Å². The second kappa shape index (κ2) is 12.2. The van der Waals surface area contributed by atoms with E-state index in [1.807, 2.05) is 22.7 Å². The summed E-state index contributed by atoms with van der Waals surface area (Å²) in [5.74, 6) is 0. The van der Waals surface area contributed by atoms with Gasteiger partial charge in [0.05, 0.1) is 0 Å². The molecule has 0 aliphatic heterocycles. The topological polar surface area (TPSA) is 0 Å². The van der Waals surface area contributed by atoms with E-state index in [-0.39, 0.29) is 0 Å². The third-order valence-electron chi connectivity index (χ3n) is 11.3. The van der Waals surface area contributed by atoms with Crippen LogP contribution in [-0.2, 0) is 0 Å². The largest absolute Gasteiger partial charge is 0.135 e. The quantitative estimate of drug-likeness (QED) is 0.170. The van der Waals surface area contributed by atoms with E-state index >= 15 is 0 Å². The molecule has 2 heteroatoms. The summed E-state index contributed by atoms with van der Waals surface area (Å²) >= 11 is 3.81. The van der Waals surface area contributed by atoms with Crippen LogP contribution in [0.2, 0.25) is 0 Å². The molecule has 0 unspecified atom stereocenters. The highest BCUT2D eigenvalue weighted by atomic mass is 32.1. The molecule has 11 aromatic rings. The monoisotopic (exact) mass is 722 g/mol. The molecule has 0 aliphatic rings. The summed E-state index contributed by atoms with van der Waals surface area (Å²) in [6.45, 7) is 4.36. The Labute approximate surface area is 321 Å². The Kier molecular flexibility index (Phi) is 7.14. The average Bonchev–Trinajstić information content (AvgIpc) is 3.79. The van der Waals surface area contributed by atoms with Crippen LogP contribution in [0.5, 0.6) is 0 Å². The predicted molar refractivity (Wildman–Crippen MR) is 241 cm³/mol. The summed E-state index contributed by atoms with van der Waals surface area (Å²) < 4.78 is 5.40. The number of benzene rings is 9. The van der Waals surface area contributed by atoms with Gasteiger partial charge in [0.1, 0.15) is 0 Å². The molecular weight excluding hydrogens is 689 g/mol. The van der Waals surface area contributed by atoms with Gasteiger partial charge in [-0.25, -0.2) is 0 Å². The predicted octanol–water partition coefficient (Wildman–Crippen LogP) is 14.5. The molecule has 0 aliphatic carbocycles. The van der Waals surface area contributed by atoms with Gasteiger partial charge in [0.2, 0.25) is 0 Å². The van der Waals surface area contributed by atoms with Gasteiger partial charge in [0.25, 0.3) is 0 Å². The normalized spacial score (nSPS) is 12.9. The first-order valence-corrected chi connectivity index (χ1v) is 20.3. The van der Waals surface area contributed by atoms with Gasteiger partial charge in [-0.15, -0.1) is 22.7 Å². The van der Waals surface area contributed by atoms with Crippen LogP contribution in [0.4, 0.5) is 0 Å². The zero-order chi connectivity index (χ0) is 35.9. The maximum absolute atomic E-state index is 2.46. The van der Waals surface area contributed by atoms with Gasteiger partial charge < -0.3 is 0 Å². The molecule has 0 nitrogen and oxygen atoms in total. The molecule has 0 saturated carbocycles. The SMILES string of the molecule is C/C=c1/c(-c2cccc(-c3ccc4sc5cc6ccc7c8ccccc8sc7c6cc5c4c3)c2)c2ccccc2c(-c2ccc3ccccc3c2)/c1=C/C. The number of thiophene rings is 2. The molecule has 11 rings (SSSR count). The van der Waals surface area contributed by atoms with Crippen molar-refractivity contribution >= 4 is 107 Å². The van der Waals surface area contributed by atoms with Crippen LogP contribution < -0.4 is 10.4 Å². The van der Waals surface area contributed by atoms with Crippen molar-refractivity contribution in [3.8, 4) is 33.4 Å². The molecule has 0 N–H and O–H groups in total. The average molecular weight is 723 g/mol. The smallest absolute Gasteiger partial charge is 0.0434 e. The van der Waals surface area contributed by atoms with Gasteiger partial charge in [-0.05, 0) is 127 Å².